The third-order valence-corrected chi connectivity index (χ3v) is 6.42. The van der Waals surface area contributed by atoms with Crippen LogP contribution in [0.1, 0.15) is 40.8 Å². The van der Waals surface area contributed by atoms with Gasteiger partial charge in [-0.1, -0.05) is 18.2 Å². The van der Waals surface area contributed by atoms with E-state index in [1.807, 2.05) is 11.3 Å². The standard InChI is InChI=1S/C17H20BrNOS/c1-11-9-16(21-17(11)18)14(19-2)10-12-7-8-20-15-6-4-3-5-13(12)15/h3-6,9,12,14,19H,7-8,10H2,1-2H3. The van der Waals surface area contributed by atoms with Gasteiger partial charge in [-0.3, -0.25) is 0 Å². The van der Waals surface area contributed by atoms with E-state index in [0.717, 1.165) is 25.2 Å². The molecule has 0 saturated carbocycles. The summed E-state index contributed by atoms with van der Waals surface area (Å²) in [6.07, 6.45) is 2.21. The van der Waals surface area contributed by atoms with Crippen LogP contribution < -0.4 is 10.1 Å². The lowest BCUT2D eigenvalue weighted by molar-refractivity contribution is 0.256. The highest BCUT2D eigenvalue weighted by atomic mass is 79.9. The molecular weight excluding hydrogens is 346 g/mol. The minimum Gasteiger partial charge on any atom is -0.493 e. The second kappa shape index (κ2) is 6.51. The molecule has 0 spiro atoms. The Labute approximate surface area is 138 Å². The van der Waals surface area contributed by atoms with E-state index in [9.17, 15) is 0 Å². The largest absolute Gasteiger partial charge is 0.493 e. The third kappa shape index (κ3) is 3.17. The van der Waals surface area contributed by atoms with Crippen LogP contribution in [0.4, 0.5) is 0 Å². The lowest BCUT2D eigenvalue weighted by Crippen LogP contribution is -2.22. The van der Waals surface area contributed by atoms with Gasteiger partial charge in [0.25, 0.3) is 0 Å². The van der Waals surface area contributed by atoms with Gasteiger partial charge in [-0.2, -0.15) is 0 Å². The first kappa shape index (κ1) is 15.1. The van der Waals surface area contributed by atoms with E-state index in [1.54, 1.807) is 0 Å². The SMILES string of the molecule is CNC(CC1CCOc2ccccc21)c1cc(C)c(Br)s1. The normalized spacial score (nSPS) is 18.9. The number of halogens is 1. The average molecular weight is 366 g/mol. The van der Waals surface area contributed by atoms with Crippen molar-refractivity contribution in [1.29, 1.82) is 0 Å². The number of rotatable bonds is 4. The second-order valence-corrected chi connectivity index (χ2v) is 7.96. The molecule has 0 bridgehead atoms. The molecule has 112 valence electrons. The molecule has 1 N–H and O–H groups in total. The maximum Gasteiger partial charge on any atom is 0.122 e. The Bertz CT molecular complexity index is 606. The number of ether oxygens (including phenoxy) is 1. The molecule has 0 amide bonds. The van der Waals surface area contributed by atoms with Crippen molar-refractivity contribution in [2.75, 3.05) is 13.7 Å². The zero-order valence-electron chi connectivity index (χ0n) is 12.4. The van der Waals surface area contributed by atoms with Crippen molar-refractivity contribution in [2.24, 2.45) is 0 Å². The molecule has 1 aliphatic heterocycles. The van der Waals surface area contributed by atoms with Gasteiger partial charge >= 0.3 is 0 Å². The summed E-state index contributed by atoms with van der Waals surface area (Å²) < 4.78 is 7.01. The van der Waals surface area contributed by atoms with Crippen molar-refractivity contribution < 1.29 is 4.74 Å². The van der Waals surface area contributed by atoms with Crippen molar-refractivity contribution in [2.45, 2.75) is 31.7 Å². The fourth-order valence-corrected chi connectivity index (χ4v) is 4.67. The van der Waals surface area contributed by atoms with E-state index in [4.69, 9.17) is 4.74 Å². The predicted octanol–water partition coefficient (Wildman–Crippen LogP) is 5.04. The summed E-state index contributed by atoms with van der Waals surface area (Å²) in [6.45, 7) is 2.98. The number of nitrogens with one attached hydrogen (secondary N) is 1. The Morgan fingerprint density at radius 3 is 2.95 bits per heavy atom. The topological polar surface area (TPSA) is 21.3 Å². The Kier molecular flexibility index (Phi) is 4.67. The number of para-hydroxylation sites is 1. The summed E-state index contributed by atoms with van der Waals surface area (Å²) in [6, 6.07) is 11.2. The molecule has 1 aliphatic rings. The highest BCUT2D eigenvalue weighted by molar-refractivity contribution is 9.11. The molecule has 1 aromatic carbocycles. The fourth-order valence-electron chi connectivity index (χ4n) is 2.98. The number of thiophene rings is 1. The molecule has 0 saturated heterocycles. The molecule has 2 heterocycles. The molecule has 2 atom stereocenters. The van der Waals surface area contributed by atoms with Crippen LogP contribution in [0.15, 0.2) is 34.1 Å². The molecule has 4 heteroatoms. The third-order valence-electron chi connectivity index (χ3n) is 4.17. The zero-order valence-corrected chi connectivity index (χ0v) is 14.8. The number of aryl methyl sites for hydroxylation is 1. The Hall–Kier alpha value is -0.840. The van der Waals surface area contributed by atoms with Gasteiger partial charge in [-0.15, -0.1) is 11.3 Å². The Balaban J connectivity index is 1.82. The molecule has 2 nitrogen and oxygen atoms in total. The van der Waals surface area contributed by atoms with Gasteiger partial charge in [0.05, 0.1) is 10.4 Å². The zero-order chi connectivity index (χ0) is 14.8. The van der Waals surface area contributed by atoms with E-state index in [-0.39, 0.29) is 0 Å². The molecule has 2 unspecified atom stereocenters. The molecular formula is C17H20BrNOS. The monoisotopic (exact) mass is 365 g/mol. The van der Waals surface area contributed by atoms with Gasteiger partial charge in [0.1, 0.15) is 5.75 Å². The summed E-state index contributed by atoms with van der Waals surface area (Å²) in [5, 5.41) is 3.49. The van der Waals surface area contributed by atoms with Gasteiger partial charge in [0, 0.05) is 10.9 Å². The van der Waals surface area contributed by atoms with Crippen LogP contribution in [0.25, 0.3) is 0 Å². The van der Waals surface area contributed by atoms with Crippen LogP contribution in [0.2, 0.25) is 0 Å². The molecule has 3 rings (SSSR count). The first-order valence-electron chi connectivity index (χ1n) is 7.34. The molecule has 0 radical (unpaired) electrons. The Morgan fingerprint density at radius 2 is 2.24 bits per heavy atom. The van der Waals surface area contributed by atoms with E-state index >= 15 is 0 Å². The number of hydrogen-bond acceptors (Lipinski definition) is 3. The summed E-state index contributed by atoms with van der Waals surface area (Å²) in [4.78, 5) is 1.41. The molecule has 2 aromatic rings. The average Bonchev–Trinajstić information content (AvgIpc) is 2.84. The summed E-state index contributed by atoms with van der Waals surface area (Å²) >= 11 is 5.48. The minimum atomic E-state index is 0.399. The van der Waals surface area contributed by atoms with Gasteiger partial charge in [0.15, 0.2) is 0 Å². The first-order chi connectivity index (χ1) is 10.2. The van der Waals surface area contributed by atoms with E-state index < -0.39 is 0 Å². The van der Waals surface area contributed by atoms with E-state index in [0.29, 0.717) is 12.0 Å². The van der Waals surface area contributed by atoms with Crippen molar-refractivity contribution in [1.82, 2.24) is 5.32 Å². The van der Waals surface area contributed by atoms with E-state index in [2.05, 4.69) is 65.5 Å². The fraction of sp³-hybridized carbons (Fsp3) is 0.412. The lowest BCUT2D eigenvalue weighted by atomic mass is 9.87. The van der Waals surface area contributed by atoms with Crippen molar-refractivity contribution in [3.8, 4) is 5.75 Å². The molecule has 0 fully saturated rings. The summed E-state index contributed by atoms with van der Waals surface area (Å²) in [7, 11) is 2.05. The van der Waals surface area contributed by atoms with Crippen LogP contribution >= 0.6 is 27.3 Å². The van der Waals surface area contributed by atoms with Crippen LogP contribution in [0, 0.1) is 6.92 Å². The van der Waals surface area contributed by atoms with Crippen LogP contribution in [0.5, 0.6) is 5.75 Å². The number of benzene rings is 1. The lowest BCUT2D eigenvalue weighted by Gasteiger charge is -2.28. The highest BCUT2D eigenvalue weighted by Gasteiger charge is 2.25. The predicted molar refractivity (Wildman–Crippen MR) is 92.5 cm³/mol. The van der Waals surface area contributed by atoms with Crippen LogP contribution in [0.3, 0.4) is 0 Å². The Morgan fingerprint density at radius 1 is 1.43 bits per heavy atom. The van der Waals surface area contributed by atoms with Crippen molar-refractivity contribution in [3.63, 3.8) is 0 Å². The van der Waals surface area contributed by atoms with Gasteiger partial charge in [-0.25, -0.2) is 0 Å². The smallest absolute Gasteiger partial charge is 0.122 e. The molecule has 0 aliphatic carbocycles. The highest BCUT2D eigenvalue weighted by Crippen LogP contribution is 2.41. The molecule has 21 heavy (non-hydrogen) atoms. The first-order valence-corrected chi connectivity index (χ1v) is 8.94. The summed E-state index contributed by atoms with van der Waals surface area (Å²) in [5.74, 6) is 1.63. The van der Waals surface area contributed by atoms with Crippen molar-refractivity contribution >= 4 is 27.3 Å². The van der Waals surface area contributed by atoms with E-state index in [1.165, 1.54) is 19.8 Å². The maximum atomic E-state index is 5.77. The van der Waals surface area contributed by atoms with Crippen LogP contribution in [-0.2, 0) is 0 Å². The van der Waals surface area contributed by atoms with Gasteiger partial charge in [-0.05, 0) is 71.9 Å². The number of hydrogen-bond donors (Lipinski definition) is 1. The van der Waals surface area contributed by atoms with Crippen molar-refractivity contribution in [3.05, 3.63) is 50.1 Å². The molecule has 1 aromatic heterocycles. The van der Waals surface area contributed by atoms with Crippen LogP contribution in [-0.4, -0.2) is 13.7 Å². The quantitative estimate of drug-likeness (QED) is 0.819. The van der Waals surface area contributed by atoms with Gasteiger partial charge < -0.3 is 10.1 Å². The van der Waals surface area contributed by atoms with Gasteiger partial charge in [0.2, 0.25) is 0 Å². The second-order valence-electron chi connectivity index (χ2n) is 5.55. The maximum absolute atomic E-state index is 5.77. The number of fused-ring (bicyclic) bond motifs is 1. The summed E-state index contributed by atoms with van der Waals surface area (Å²) in [5.41, 5.74) is 2.68. The minimum absolute atomic E-state index is 0.399.